The largest absolute Gasteiger partial charge is 0.358 e. The summed E-state index contributed by atoms with van der Waals surface area (Å²) in [5.41, 5.74) is 0. The topological polar surface area (TPSA) is 15.6 Å². The SMILES string of the molecule is CCCC1=NCCN1CC(C)C. The predicted octanol–water partition coefficient (Wildman–Crippen LogP) is 2.16. The molecule has 0 aliphatic carbocycles. The summed E-state index contributed by atoms with van der Waals surface area (Å²) in [5, 5.41) is 0. The first-order valence-electron chi connectivity index (χ1n) is 5.02. The third-order valence-electron chi connectivity index (χ3n) is 2.09. The van der Waals surface area contributed by atoms with Crippen LogP contribution in [0.4, 0.5) is 0 Å². The minimum absolute atomic E-state index is 0.755. The van der Waals surface area contributed by atoms with E-state index >= 15 is 0 Å². The second kappa shape index (κ2) is 4.48. The van der Waals surface area contributed by atoms with E-state index in [1.54, 1.807) is 0 Å². The third kappa shape index (κ3) is 2.50. The van der Waals surface area contributed by atoms with Crippen molar-refractivity contribution >= 4 is 5.84 Å². The van der Waals surface area contributed by atoms with Gasteiger partial charge in [-0.25, -0.2) is 0 Å². The number of amidine groups is 1. The summed E-state index contributed by atoms with van der Waals surface area (Å²) in [4.78, 5) is 6.94. The van der Waals surface area contributed by atoms with Crippen LogP contribution in [-0.4, -0.2) is 30.4 Å². The molecule has 2 nitrogen and oxygen atoms in total. The molecule has 1 aliphatic rings. The zero-order valence-corrected chi connectivity index (χ0v) is 8.51. The Labute approximate surface area is 75.7 Å². The van der Waals surface area contributed by atoms with Crippen LogP contribution in [0, 0.1) is 5.92 Å². The fourth-order valence-corrected chi connectivity index (χ4v) is 1.63. The highest BCUT2D eigenvalue weighted by atomic mass is 15.2. The molecule has 1 aliphatic heterocycles. The molecule has 0 N–H and O–H groups in total. The van der Waals surface area contributed by atoms with Crippen LogP contribution in [-0.2, 0) is 0 Å². The first-order chi connectivity index (χ1) is 5.74. The Kier molecular flexibility index (Phi) is 3.57. The molecule has 70 valence electrons. The molecule has 0 unspecified atom stereocenters. The van der Waals surface area contributed by atoms with Crippen molar-refractivity contribution in [2.45, 2.75) is 33.6 Å². The summed E-state index contributed by atoms with van der Waals surface area (Å²) in [7, 11) is 0. The second-order valence-corrected chi connectivity index (χ2v) is 3.89. The van der Waals surface area contributed by atoms with Gasteiger partial charge < -0.3 is 4.90 Å². The van der Waals surface area contributed by atoms with Gasteiger partial charge in [-0.3, -0.25) is 4.99 Å². The molecule has 2 heteroatoms. The Morgan fingerprint density at radius 3 is 2.83 bits per heavy atom. The van der Waals surface area contributed by atoms with Crippen LogP contribution in [0.5, 0.6) is 0 Å². The number of nitrogens with zero attached hydrogens (tertiary/aromatic N) is 2. The van der Waals surface area contributed by atoms with Gasteiger partial charge in [-0.1, -0.05) is 20.8 Å². The molecular formula is C10H20N2. The van der Waals surface area contributed by atoms with Crippen LogP contribution in [0.1, 0.15) is 33.6 Å². The molecule has 0 saturated carbocycles. The van der Waals surface area contributed by atoms with Crippen molar-refractivity contribution in [3.63, 3.8) is 0 Å². The highest BCUT2D eigenvalue weighted by Gasteiger charge is 2.15. The summed E-state index contributed by atoms with van der Waals surface area (Å²) in [5.74, 6) is 2.09. The molecule has 12 heavy (non-hydrogen) atoms. The van der Waals surface area contributed by atoms with Crippen molar-refractivity contribution in [2.75, 3.05) is 19.6 Å². The van der Waals surface area contributed by atoms with Gasteiger partial charge in [-0.15, -0.1) is 0 Å². The summed E-state index contributed by atoms with van der Waals surface area (Å²) >= 11 is 0. The zero-order chi connectivity index (χ0) is 8.97. The van der Waals surface area contributed by atoms with E-state index in [9.17, 15) is 0 Å². The van der Waals surface area contributed by atoms with Gasteiger partial charge >= 0.3 is 0 Å². The van der Waals surface area contributed by atoms with E-state index in [2.05, 4.69) is 30.7 Å². The smallest absolute Gasteiger partial charge is 0.0990 e. The van der Waals surface area contributed by atoms with Crippen molar-refractivity contribution in [2.24, 2.45) is 10.9 Å². The Morgan fingerprint density at radius 2 is 2.25 bits per heavy atom. The molecule has 0 radical (unpaired) electrons. The molecule has 0 spiro atoms. The average Bonchev–Trinajstić information content (AvgIpc) is 2.37. The number of rotatable bonds is 4. The minimum atomic E-state index is 0.755. The van der Waals surface area contributed by atoms with Gasteiger partial charge in [0, 0.05) is 19.5 Å². The lowest BCUT2D eigenvalue weighted by molar-refractivity contribution is 0.387. The van der Waals surface area contributed by atoms with E-state index in [0.29, 0.717) is 0 Å². The monoisotopic (exact) mass is 168 g/mol. The summed E-state index contributed by atoms with van der Waals surface area (Å²) in [6.45, 7) is 10.1. The van der Waals surface area contributed by atoms with Crippen molar-refractivity contribution in [1.82, 2.24) is 4.90 Å². The van der Waals surface area contributed by atoms with Gasteiger partial charge in [0.25, 0.3) is 0 Å². The Hall–Kier alpha value is -0.530. The normalized spacial score (nSPS) is 17.3. The molecule has 0 atom stereocenters. The van der Waals surface area contributed by atoms with Gasteiger partial charge in [-0.05, 0) is 12.3 Å². The number of aliphatic imine (C=N–C) groups is 1. The summed E-state index contributed by atoms with van der Waals surface area (Å²) < 4.78 is 0. The fourth-order valence-electron chi connectivity index (χ4n) is 1.63. The van der Waals surface area contributed by atoms with Crippen LogP contribution < -0.4 is 0 Å². The Bertz CT molecular complexity index is 161. The maximum absolute atomic E-state index is 4.50. The number of hydrogen-bond donors (Lipinski definition) is 0. The molecule has 0 amide bonds. The van der Waals surface area contributed by atoms with E-state index in [0.717, 1.165) is 25.4 Å². The molecule has 0 fully saturated rings. The van der Waals surface area contributed by atoms with Gasteiger partial charge in [0.05, 0.1) is 12.4 Å². The van der Waals surface area contributed by atoms with E-state index in [1.165, 1.54) is 18.8 Å². The van der Waals surface area contributed by atoms with Crippen molar-refractivity contribution in [3.05, 3.63) is 0 Å². The van der Waals surface area contributed by atoms with Gasteiger partial charge in [0.2, 0.25) is 0 Å². The highest BCUT2D eigenvalue weighted by molar-refractivity contribution is 5.83. The van der Waals surface area contributed by atoms with E-state index in [-0.39, 0.29) is 0 Å². The average molecular weight is 168 g/mol. The fraction of sp³-hybridized carbons (Fsp3) is 0.900. The lowest BCUT2D eigenvalue weighted by Gasteiger charge is -2.22. The quantitative estimate of drug-likeness (QED) is 0.628. The van der Waals surface area contributed by atoms with Crippen LogP contribution in [0.15, 0.2) is 4.99 Å². The third-order valence-corrected chi connectivity index (χ3v) is 2.09. The molecular weight excluding hydrogens is 148 g/mol. The van der Waals surface area contributed by atoms with Crippen LogP contribution in [0.3, 0.4) is 0 Å². The van der Waals surface area contributed by atoms with Gasteiger partial charge in [0.1, 0.15) is 0 Å². The van der Waals surface area contributed by atoms with Crippen molar-refractivity contribution in [1.29, 1.82) is 0 Å². The first kappa shape index (κ1) is 9.56. The maximum Gasteiger partial charge on any atom is 0.0990 e. The standard InChI is InChI=1S/C10H20N2/c1-4-5-10-11-6-7-12(10)8-9(2)3/h9H,4-8H2,1-3H3. The zero-order valence-electron chi connectivity index (χ0n) is 8.51. The second-order valence-electron chi connectivity index (χ2n) is 3.89. The molecule has 0 bridgehead atoms. The lowest BCUT2D eigenvalue weighted by atomic mass is 10.2. The molecule has 0 aromatic heterocycles. The Morgan fingerprint density at radius 1 is 1.50 bits per heavy atom. The van der Waals surface area contributed by atoms with Crippen LogP contribution in [0.25, 0.3) is 0 Å². The number of hydrogen-bond acceptors (Lipinski definition) is 2. The van der Waals surface area contributed by atoms with Gasteiger partial charge in [-0.2, -0.15) is 0 Å². The summed E-state index contributed by atoms with van der Waals surface area (Å²) in [6, 6.07) is 0. The maximum atomic E-state index is 4.50. The van der Waals surface area contributed by atoms with Gasteiger partial charge in [0.15, 0.2) is 0 Å². The first-order valence-corrected chi connectivity index (χ1v) is 5.02. The molecule has 0 saturated heterocycles. The van der Waals surface area contributed by atoms with E-state index in [1.807, 2.05) is 0 Å². The van der Waals surface area contributed by atoms with E-state index < -0.39 is 0 Å². The van der Waals surface area contributed by atoms with Crippen LogP contribution in [0.2, 0.25) is 0 Å². The van der Waals surface area contributed by atoms with Crippen LogP contribution >= 0.6 is 0 Å². The molecule has 0 aromatic carbocycles. The molecule has 1 rings (SSSR count). The summed E-state index contributed by atoms with van der Waals surface area (Å²) in [6.07, 6.45) is 2.38. The molecule has 0 aromatic rings. The predicted molar refractivity (Wildman–Crippen MR) is 53.6 cm³/mol. The lowest BCUT2D eigenvalue weighted by Crippen LogP contribution is -2.31. The molecule has 1 heterocycles. The highest BCUT2D eigenvalue weighted by Crippen LogP contribution is 2.09. The minimum Gasteiger partial charge on any atom is -0.358 e. The van der Waals surface area contributed by atoms with E-state index in [4.69, 9.17) is 0 Å². The van der Waals surface area contributed by atoms with Crippen molar-refractivity contribution in [3.8, 4) is 0 Å². The Balaban J connectivity index is 2.39. The van der Waals surface area contributed by atoms with Crippen molar-refractivity contribution < 1.29 is 0 Å².